The summed E-state index contributed by atoms with van der Waals surface area (Å²) in [7, 11) is 0. The summed E-state index contributed by atoms with van der Waals surface area (Å²) in [5.41, 5.74) is 8.87. The number of aryl methyl sites for hydroxylation is 1. The van der Waals surface area contributed by atoms with Crippen LogP contribution in [0.5, 0.6) is 0 Å². The zero-order chi connectivity index (χ0) is 13.8. The first-order chi connectivity index (χ1) is 9.13. The number of thioether (sulfide) groups is 1. The van der Waals surface area contributed by atoms with E-state index < -0.39 is 0 Å². The van der Waals surface area contributed by atoms with Gasteiger partial charge in [0.05, 0.1) is 14.8 Å². The molecule has 1 heterocycles. The molecule has 0 bridgehead atoms. The molecular weight excluding hydrogens is 310 g/mol. The van der Waals surface area contributed by atoms with Crippen molar-refractivity contribution in [2.75, 3.05) is 11.6 Å². The Bertz CT molecular complexity index is 579. The predicted molar refractivity (Wildman–Crippen MR) is 93.5 cm³/mol. The Morgan fingerprint density at radius 3 is 2.50 bits per heavy atom. The SMILES string of the molecule is CCc1ccc(Nc2cc(SC)sc2C(=N)N)cc1.Cl. The smallest absolute Gasteiger partial charge is 0.135 e. The van der Waals surface area contributed by atoms with E-state index in [1.807, 2.05) is 12.3 Å². The van der Waals surface area contributed by atoms with Gasteiger partial charge in [0, 0.05) is 5.69 Å². The number of nitrogens with two attached hydrogens (primary N) is 1. The molecule has 0 aliphatic rings. The van der Waals surface area contributed by atoms with Gasteiger partial charge < -0.3 is 11.1 Å². The molecule has 0 saturated carbocycles. The lowest BCUT2D eigenvalue weighted by atomic mass is 10.1. The summed E-state index contributed by atoms with van der Waals surface area (Å²) in [6.07, 6.45) is 3.06. The van der Waals surface area contributed by atoms with Gasteiger partial charge in [0.25, 0.3) is 0 Å². The van der Waals surface area contributed by atoms with E-state index in [4.69, 9.17) is 11.1 Å². The van der Waals surface area contributed by atoms with Gasteiger partial charge in [0.1, 0.15) is 5.84 Å². The van der Waals surface area contributed by atoms with E-state index in [1.54, 1.807) is 23.1 Å². The first kappa shape index (κ1) is 16.9. The van der Waals surface area contributed by atoms with Crippen molar-refractivity contribution in [3.05, 3.63) is 40.8 Å². The van der Waals surface area contributed by atoms with Crippen LogP contribution in [0.4, 0.5) is 11.4 Å². The third-order valence-corrected chi connectivity index (χ3v) is 5.03. The summed E-state index contributed by atoms with van der Waals surface area (Å²) in [6.45, 7) is 2.14. The average Bonchev–Trinajstić information content (AvgIpc) is 2.83. The van der Waals surface area contributed by atoms with Crippen molar-refractivity contribution in [2.24, 2.45) is 5.73 Å². The second-order valence-electron chi connectivity index (χ2n) is 4.10. The number of thiophene rings is 1. The van der Waals surface area contributed by atoms with E-state index >= 15 is 0 Å². The van der Waals surface area contributed by atoms with Crippen LogP contribution in [0.1, 0.15) is 17.4 Å². The Balaban J connectivity index is 0.00000200. The van der Waals surface area contributed by atoms with Gasteiger partial charge in [0.2, 0.25) is 0 Å². The number of amidine groups is 1. The van der Waals surface area contributed by atoms with Gasteiger partial charge in [-0.3, -0.25) is 5.41 Å². The Morgan fingerprint density at radius 2 is 2.00 bits per heavy atom. The normalized spacial score (nSPS) is 9.90. The van der Waals surface area contributed by atoms with Crippen molar-refractivity contribution in [3.63, 3.8) is 0 Å². The van der Waals surface area contributed by atoms with Crippen molar-refractivity contribution in [1.29, 1.82) is 5.41 Å². The third kappa shape index (κ3) is 3.91. The molecule has 0 atom stereocenters. The van der Waals surface area contributed by atoms with E-state index in [9.17, 15) is 0 Å². The minimum Gasteiger partial charge on any atom is -0.383 e. The van der Waals surface area contributed by atoms with Crippen LogP contribution in [0.25, 0.3) is 0 Å². The van der Waals surface area contributed by atoms with Crippen molar-refractivity contribution >= 4 is 52.7 Å². The summed E-state index contributed by atoms with van der Waals surface area (Å²) in [6, 6.07) is 10.4. The van der Waals surface area contributed by atoms with Crippen LogP contribution in [0.2, 0.25) is 0 Å². The van der Waals surface area contributed by atoms with Crippen molar-refractivity contribution in [1.82, 2.24) is 0 Å². The van der Waals surface area contributed by atoms with E-state index in [-0.39, 0.29) is 18.2 Å². The van der Waals surface area contributed by atoms with Crippen molar-refractivity contribution in [2.45, 2.75) is 17.6 Å². The van der Waals surface area contributed by atoms with E-state index in [0.717, 1.165) is 26.9 Å². The molecular formula is C14H18ClN3S2. The molecule has 0 unspecified atom stereocenters. The molecule has 0 saturated heterocycles. The number of hydrogen-bond donors (Lipinski definition) is 3. The highest BCUT2D eigenvalue weighted by atomic mass is 35.5. The molecule has 0 aliphatic heterocycles. The van der Waals surface area contributed by atoms with Gasteiger partial charge in [0.15, 0.2) is 0 Å². The van der Waals surface area contributed by atoms with Crippen LogP contribution >= 0.6 is 35.5 Å². The molecule has 4 N–H and O–H groups in total. The lowest BCUT2D eigenvalue weighted by Crippen LogP contribution is -2.10. The summed E-state index contributed by atoms with van der Waals surface area (Å²) in [4.78, 5) is 0.795. The van der Waals surface area contributed by atoms with Gasteiger partial charge in [-0.1, -0.05) is 19.1 Å². The fraction of sp³-hybridized carbons (Fsp3) is 0.214. The van der Waals surface area contributed by atoms with Crippen LogP contribution in [0, 0.1) is 5.41 Å². The van der Waals surface area contributed by atoms with E-state index in [2.05, 4.69) is 36.5 Å². The predicted octanol–water partition coefficient (Wildman–Crippen LogP) is 4.48. The van der Waals surface area contributed by atoms with Crippen molar-refractivity contribution < 1.29 is 0 Å². The summed E-state index contributed by atoms with van der Waals surface area (Å²) >= 11 is 3.21. The van der Waals surface area contributed by atoms with Gasteiger partial charge >= 0.3 is 0 Å². The third-order valence-electron chi connectivity index (χ3n) is 2.80. The highest BCUT2D eigenvalue weighted by Gasteiger charge is 2.11. The molecule has 108 valence electrons. The molecule has 6 heteroatoms. The highest BCUT2D eigenvalue weighted by Crippen LogP contribution is 2.34. The van der Waals surface area contributed by atoms with E-state index in [1.165, 1.54) is 5.56 Å². The summed E-state index contributed by atoms with van der Waals surface area (Å²) in [5, 5.41) is 11.0. The lowest BCUT2D eigenvalue weighted by molar-refractivity contribution is 1.14. The highest BCUT2D eigenvalue weighted by molar-refractivity contribution is 8.00. The largest absolute Gasteiger partial charge is 0.383 e. The molecule has 2 rings (SSSR count). The summed E-state index contributed by atoms with van der Waals surface area (Å²) < 4.78 is 1.15. The molecule has 0 fully saturated rings. The number of anilines is 2. The van der Waals surface area contributed by atoms with Gasteiger partial charge in [-0.05, 0) is 36.4 Å². The lowest BCUT2D eigenvalue weighted by Gasteiger charge is -2.07. The molecule has 1 aromatic carbocycles. The standard InChI is InChI=1S/C14H17N3S2.ClH/c1-3-9-4-6-10(7-5-9)17-11-8-12(18-2)19-13(11)14(15)16;/h4-8,17H,3H2,1-2H3,(H3,15,16);1H. The Hall–Kier alpha value is -1.17. The topological polar surface area (TPSA) is 61.9 Å². The minimum atomic E-state index is 0. The number of rotatable bonds is 5. The molecule has 3 nitrogen and oxygen atoms in total. The van der Waals surface area contributed by atoms with Crippen LogP contribution < -0.4 is 11.1 Å². The molecule has 0 spiro atoms. The first-order valence-electron chi connectivity index (χ1n) is 6.02. The van der Waals surface area contributed by atoms with E-state index in [0.29, 0.717) is 0 Å². The minimum absolute atomic E-state index is 0. The van der Waals surface area contributed by atoms with Gasteiger partial charge in [-0.25, -0.2) is 0 Å². The first-order valence-corrected chi connectivity index (χ1v) is 8.06. The summed E-state index contributed by atoms with van der Waals surface area (Å²) in [5.74, 6) is 0.109. The Labute approximate surface area is 133 Å². The monoisotopic (exact) mass is 327 g/mol. The van der Waals surface area contributed by atoms with Gasteiger partial charge in [-0.15, -0.1) is 35.5 Å². The average molecular weight is 328 g/mol. The number of hydrogen-bond acceptors (Lipinski definition) is 4. The second-order valence-corrected chi connectivity index (χ2v) is 6.26. The second kappa shape index (κ2) is 7.57. The quantitative estimate of drug-likeness (QED) is 0.431. The van der Waals surface area contributed by atoms with Crippen LogP contribution in [0.3, 0.4) is 0 Å². The zero-order valence-corrected chi connectivity index (χ0v) is 13.8. The number of benzene rings is 1. The molecule has 1 aromatic heterocycles. The number of halogens is 1. The molecule has 20 heavy (non-hydrogen) atoms. The maximum absolute atomic E-state index is 7.63. The van der Waals surface area contributed by atoms with Crippen LogP contribution in [-0.4, -0.2) is 12.1 Å². The maximum Gasteiger partial charge on any atom is 0.135 e. The number of nitrogens with one attached hydrogen (secondary N) is 2. The zero-order valence-electron chi connectivity index (χ0n) is 11.4. The van der Waals surface area contributed by atoms with Gasteiger partial charge in [-0.2, -0.15) is 0 Å². The Kier molecular flexibility index (Phi) is 6.39. The maximum atomic E-state index is 7.63. The van der Waals surface area contributed by atoms with Crippen LogP contribution in [0.15, 0.2) is 34.5 Å². The molecule has 0 amide bonds. The van der Waals surface area contributed by atoms with Crippen LogP contribution in [-0.2, 0) is 6.42 Å². The molecule has 2 aromatic rings. The molecule has 0 aliphatic carbocycles. The number of nitrogen functional groups attached to an aromatic ring is 1. The fourth-order valence-corrected chi connectivity index (χ4v) is 3.27. The molecule has 0 radical (unpaired) electrons. The van der Waals surface area contributed by atoms with Crippen molar-refractivity contribution in [3.8, 4) is 0 Å². The Morgan fingerprint density at radius 1 is 1.35 bits per heavy atom. The fourth-order valence-electron chi connectivity index (χ4n) is 1.74.